The molecule has 2 heterocycles. The normalized spacial score (nSPS) is 11.2. The highest BCUT2D eigenvalue weighted by Crippen LogP contribution is 2.37. The second-order valence-electron chi connectivity index (χ2n) is 6.79. The average Bonchev–Trinajstić information content (AvgIpc) is 3.05. The Balaban J connectivity index is 2.01. The number of aromatic hydroxyl groups is 1. The quantitative estimate of drug-likeness (QED) is 0.492. The molecule has 8 heteroatoms. The van der Waals surface area contributed by atoms with Gasteiger partial charge in [-0.3, -0.25) is 4.79 Å². The van der Waals surface area contributed by atoms with Crippen molar-refractivity contribution in [2.75, 3.05) is 0 Å². The van der Waals surface area contributed by atoms with Gasteiger partial charge in [0.05, 0.1) is 11.9 Å². The van der Waals surface area contributed by atoms with Crippen molar-refractivity contribution in [3.05, 3.63) is 87.2 Å². The molecule has 30 heavy (non-hydrogen) atoms. The summed E-state index contributed by atoms with van der Waals surface area (Å²) in [5, 5.41) is 19.2. The molecule has 0 spiro atoms. The fourth-order valence-corrected chi connectivity index (χ4v) is 4.67. The van der Waals surface area contributed by atoms with Gasteiger partial charge in [0.1, 0.15) is 27.8 Å². The maximum atomic E-state index is 14.2. The highest BCUT2D eigenvalue weighted by Gasteiger charge is 2.22. The molecule has 2 aromatic carbocycles. The van der Waals surface area contributed by atoms with Crippen LogP contribution in [0.5, 0.6) is 5.75 Å². The number of hydrogen-bond donors (Lipinski definition) is 2. The number of phenols is 1. The SMILES string of the molecule is Cc1c(-c2ccc(O)cc2)sc2c1c(=O)c(C(=O)O)cn2Cc1c(F)cccc1F. The van der Waals surface area contributed by atoms with E-state index in [-0.39, 0.29) is 23.2 Å². The van der Waals surface area contributed by atoms with Crippen LogP contribution in [0.25, 0.3) is 20.7 Å². The fraction of sp³-hybridized carbons (Fsp3) is 0.0909. The summed E-state index contributed by atoms with van der Waals surface area (Å²) >= 11 is 1.22. The second kappa shape index (κ2) is 7.38. The number of fused-ring (bicyclic) bond motifs is 1. The molecule has 0 bridgehead atoms. The van der Waals surface area contributed by atoms with Crippen LogP contribution in [0.2, 0.25) is 0 Å². The van der Waals surface area contributed by atoms with Crippen molar-refractivity contribution in [2.24, 2.45) is 0 Å². The molecule has 0 atom stereocenters. The standard InChI is InChI=1S/C22H15F2NO4S/c1-11-18-19(27)15(22(28)29)10-25(9-14-16(23)3-2-4-17(14)24)21(18)30-20(11)12-5-7-13(26)8-6-12/h2-8,10,26H,9H2,1H3,(H,28,29). The van der Waals surface area contributed by atoms with Crippen LogP contribution in [0.3, 0.4) is 0 Å². The topological polar surface area (TPSA) is 79.5 Å². The van der Waals surface area contributed by atoms with E-state index in [9.17, 15) is 28.6 Å². The van der Waals surface area contributed by atoms with E-state index in [2.05, 4.69) is 0 Å². The monoisotopic (exact) mass is 427 g/mol. The number of halogens is 2. The van der Waals surface area contributed by atoms with Crippen LogP contribution in [0.15, 0.2) is 53.5 Å². The number of aromatic nitrogens is 1. The van der Waals surface area contributed by atoms with Crippen molar-refractivity contribution in [1.29, 1.82) is 0 Å². The second-order valence-corrected chi connectivity index (χ2v) is 7.79. The Morgan fingerprint density at radius 2 is 1.73 bits per heavy atom. The summed E-state index contributed by atoms with van der Waals surface area (Å²) in [5.41, 5.74) is -0.0575. The molecule has 2 aromatic heterocycles. The third-order valence-electron chi connectivity index (χ3n) is 4.90. The highest BCUT2D eigenvalue weighted by atomic mass is 32.1. The zero-order chi connectivity index (χ0) is 21.6. The first kappa shape index (κ1) is 19.8. The van der Waals surface area contributed by atoms with Crippen LogP contribution in [-0.4, -0.2) is 20.7 Å². The number of carboxylic acid groups (broad SMARTS) is 1. The maximum absolute atomic E-state index is 14.2. The third-order valence-corrected chi connectivity index (χ3v) is 6.27. The molecule has 0 saturated heterocycles. The Kier molecular flexibility index (Phi) is 4.87. The summed E-state index contributed by atoms with van der Waals surface area (Å²) in [6, 6.07) is 9.85. The molecule has 2 N–H and O–H groups in total. The Morgan fingerprint density at radius 1 is 1.10 bits per heavy atom. The van der Waals surface area contributed by atoms with Gasteiger partial charge in [0, 0.05) is 16.6 Å². The molecule has 0 aliphatic heterocycles. The molecule has 0 saturated carbocycles. The average molecular weight is 427 g/mol. The summed E-state index contributed by atoms with van der Waals surface area (Å²) < 4.78 is 29.8. The van der Waals surface area contributed by atoms with Crippen molar-refractivity contribution >= 4 is 27.5 Å². The number of thiophene rings is 1. The van der Waals surface area contributed by atoms with Gasteiger partial charge < -0.3 is 14.8 Å². The van der Waals surface area contributed by atoms with Gasteiger partial charge >= 0.3 is 5.97 Å². The van der Waals surface area contributed by atoms with Gasteiger partial charge in [0.25, 0.3) is 0 Å². The van der Waals surface area contributed by atoms with E-state index < -0.39 is 28.6 Å². The van der Waals surface area contributed by atoms with Gasteiger partial charge in [0.2, 0.25) is 5.43 Å². The van der Waals surface area contributed by atoms with E-state index in [1.54, 1.807) is 19.1 Å². The summed E-state index contributed by atoms with van der Waals surface area (Å²) in [6.07, 6.45) is 1.12. The van der Waals surface area contributed by atoms with Gasteiger partial charge in [-0.1, -0.05) is 6.07 Å². The Bertz CT molecular complexity index is 1340. The molecule has 0 aliphatic carbocycles. The molecule has 0 amide bonds. The third kappa shape index (κ3) is 3.25. The molecular weight excluding hydrogens is 412 g/mol. The number of carbonyl (C=O) groups is 1. The number of rotatable bonds is 4. The van der Waals surface area contributed by atoms with Crippen molar-refractivity contribution in [1.82, 2.24) is 4.57 Å². The van der Waals surface area contributed by atoms with Crippen LogP contribution >= 0.6 is 11.3 Å². The van der Waals surface area contributed by atoms with E-state index in [0.29, 0.717) is 15.3 Å². The number of aryl methyl sites for hydroxylation is 1. The predicted molar refractivity (Wildman–Crippen MR) is 110 cm³/mol. The summed E-state index contributed by atoms with van der Waals surface area (Å²) in [7, 11) is 0. The van der Waals surface area contributed by atoms with Crippen molar-refractivity contribution in [3.8, 4) is 16.2 Å². The fourth-order valence-electron chi connectivity index (χ4n) is 3.39. The minimum absolute atomic E-state index is 0.0836. The van der Waals surface area contributed by atoms with E-state index in [0.717, 1.165) is 23.9 Å². The Morgan fingerprint density at radius 3 is 2.33 bits per heavy atom. The number of hydrogen-bond acceptors (Lipinski definition) is 4. The van der Waals surface area contributed by atoms with Crippen molar-refractivity contribution < 1.29 is 23.8 Å². The molecular formula is C22H15F2NO4S. The lowest BCUT2D eigenvalue weighted by molar-refractivity contribution is 0.0695. The zero-order valence-electron chi connectivity index (χ0n) is 15.6. The van der Waals surface area contributed by atoms with E-state index in [1.807, 2.05) is 0 Å². The highest BCUT2D eigenvalue weighted by molar-refractivity contribution is 7.22. The van der Waals surface area contributed by atoms with Crippen LogP contribution < -0.4 is 5.43 Å². The van der Waals surface area contributed by atoms with Crippen LogP contribution in [0.1, 0.15) is 21.5 Å². The van der Waals surface area contributed by atoms with E-state index >= 15 is 0 Å². The summed E-state index contributed by atoms with van der Waals surface area (Å²) in [6.45, 7) is 1.42. The molecule has 0 unspecified atom stereocenters. The first-order chi connectivity index (χ1) is 14.3. The maximum Gasteiger partial charge on any atom is 0.341 e. The molecule has 4 rings (SSSR count). The Labute approximate surface area is 173 Å². The smallest absolute Gasteiger partial charge is 0.341 e. The van der Waals surface area contributed by atoms with Crippen LogP contribution in [0.4, 0.5) is 8.78 Å². The molecule has 0 radical (unpaired) electrons. The zero-order valence-corrected chi connectivity index (χ0v) is 16.5. The van der Waals surface area contributed by atoms with Gasteiger partial charge in [-0.05, 0) is 54.4 Å². The van der Waals surface area contributed by atoms with Crippen molar-refractivity contribution in [2.45, 2.75) is 13.5 Å². The van der Waals surface area contributed by atoms with Gasteiger partial charge in [-0.25, -0.2) is 13.6 Å². The first-order valence-electron chi connectivity index (χ1n) is 8.90. The number of benzene rings is 2. The minimum Gasteiger partial charge on any atom is -0.508 e. The van der Waals surface area contributed by atoms with Gasteiger partial charge in [-0.15, -0.1) is 11.3 Å². The van der Waals surface area contributed by atoms with E-state index in [1.165, 1.54) is 34.1 Å². The molecule has 152 valence electrons. The molecule has 5 nitrogen and oxygen atoms in total. The lowest BCUT2D eigenvalue weighted by atomic mass is 10.1. The first-order valence-corrected chi connectivity index (χ1v) is 9.71. The Hall–Kier alpha value is -3.52. The molecule has 4 aromatic rings. The number of pyridine rings is 1. The number of aromatic carboxylic acids is 1. The minimum atomic E-state index is -1.42. The number of phenolic OH excluding ortho intramolecular Hbond substituents is 1. The van der Waals surface area contributed by atoms with Gasteiger partial charge in [0.15, 0.2) is 0 Å². The summed E-state index contributed by atoms with van der Waals surface area (Å²) in [5.74, 6) is -2.85. The lowest BCUT2D eigenvalue weighted by Crippen LogP contribution is -2.19. The number of carboxylic acids is 1. The largest absolute Gasteiger partial charge is 0.508 e. The van der Waals surface area contributed by atoms with Crippen molar-refractivity contribution in [3.63, 3.8) is 0 Å². The lowest BCUT2D eigenvalue weighted by Gasteiger charge is -2.11. The number of nitrogens with zero attached hydrogens (tertiary/aromatic N) is 1. The van der Waals surface area contributed by atoms with Crippen LogP contribution in [0, 0.1) is 18.6 Å². The van der Waals surface area contributed by atoms with E-state index in [4.69, 9.17) is 0 Å². The van der Waals surface area contributed by atoms with Gasteiger partial charge in [-0.2, -0.15) is 0 Å². The predicted octanol–water partition coefficient (Wildman–Crippen LogP) is 4.77. The molecule has 0 aliphatic rings. The van der Waals surface area contributed by atoms with Crippen LogP contribution in [-0.2, 0) is 6.54 Å². The summed E-state index contributed by atoms with van der Waals surface area (Å²) in [4.78, 5) is 25.6. The molecule has 0 fully saturated rings.